The van der Waals surface area contributed by atoms with Gasteiger partial charge in [0.2, 0.25) is 0 Å². The van der Waals surface area contributed by atoms with Crippen LogP contribution in [0.3, 0.4) is 0 Å². The van der Waals surface area contributed by atoms with Gasteiger partial charge in [-0.15, -0.1) is 0 Å². The Morgan fingerprint density at radius 2 is 1.86 bits per heavy atom. The molecule has 0 aliphatic carbocycles. The first-order valence-corrected chi connectivity index (χ1v) is 7.81. The summed E-state index contributed by atoms with van der Waals surface area (Å²) in [6.45, 7) is 5.94. The maximum Gasteiger partial charge on any atom is 0.167 e. The minimum atomic E-state index is 0.115. The number of hydrogen-bond acceptors (Lipinski definition) is 2. The molecule has 0 N–H and O–H groups in total. The summed E-state index contributed by atoms with van der Waals surface area (Å²) >= 11 is 3.41. The van der Waals surface area contributed by atoms with E-state index in [0.717, 1.165) is 26.9 Å². The summed E-state index contributed by atoms with van der Waals surface area (Å²) in [5.74, 6) is 0.919. The van der Waals surface area contributed by atoms with Gasteiger partial charge in [0.1, 0.15) is 5.75 Å². The Bertz CT molecular complexity index is 606. The van der Waals surface area contributed by atoms with Crippen LogP contribution < -0.4 is 4.74 Å². The molecule has 0 atom stereocenters. The first-order chi connectivity index (χ1) is 10.1. The molecular formula is C18H21BrO2. The number of methoxy groups -OCH3 is 1. The van der Waals surface area contributed by atoms with Crippen molar-refractivity contribution in [3.63, 3.8) is 0 Å². The number of carbonyl (C=O) groups is 1. The number of ketones is 1. The average molecular weight is 349 g/mol. The molecular weight excluding hydrogens is 328 g/mol. The lowest BCUT2D eigenvalue weighted by Crippen LogP contribution is -2.04. The molecule has 0 fully saturated rings. The molecule has 2 aromatic carbocycles. The quantitative estimate of drug-likeness (QED) is 0.708. The Balaban J connectivity index is 0.00000106. The standard InChI is InChI=1S/C16H15BrO2.C2H6/c1-11-8-13(6-7-16(11)19-2)15(18)10-12-4-3-5-14(17)9-12;1-2/h3-9H,10H2,1-2H3;1-2H3. The normalized spacial score (nSPS) is 9.57. The van der Waals surface area contributed by atoms with Crippen molar-refractivity contribution in [1.29, 1.82) is 0 Å². The summed E-state index contributed by atoms with van der Waals surface area (Å²) in [5, 5.41) is 0. The Labute approximate surface area is 135 Å². The molecule has 0 aliphatic heterocycles. The number of carbonyl (C=O) groups excluding carboxylic acids is 1. The highest BCUT2D eigenvalue weighted by Gasteiger charge is 2.09. The number of hydrogen-bond donors (Lipinski definition) is 0. The maximum absolute atomic E-state index is 12.2. The molecule has 0 unspecified atom stereocenters. The largest absolute Gasteiger partial charge is 0.496 e. The lowest BCUT2D eigenvalue weighted by molar-refractivity contribution is 0.0993. The molecule has 2 rings (SSSR count). The highest BCUT2D eigenvalue weighted by atomic mass is 79.9. The molecule has 0 saturated carbocycles. The van der Waals surface area contributed by atoms with Crippen LogP contribution in [0.4, 0.5) is 0 Å². The van der Waals surface area contributed by atoms with Gasteiger partial charge in [-0.3, -0.25) is 4.79 Å². The SMILES string of the molecule is CC.COc1ccc(C(=O)Cc2cccc(Br)c2)cc1C. The van der Waals surface area contributed by atoms with E-state index in [1.165, 1.54) is 0 Å². The first-order valence-electron chi connectivity index (χ1n) is 7.02. The maximum atomic E-state index is 12.2. The summed E-state index contributed by atoms with van der Waals surface area (Å²) in [4.78, 5) is 12.2. The zero-order chi connectivity index (χ0) is 15.8. The third-order valence-electron chi connectivity index (χ3n) is 2.97. The van der Waals surface area contributed by atoms with E-state index in [2.05, 4.69) is 15.9 Å². The van der Waals surface area contributed by atoms with Crippen molar-refractivity contribution >= 4 is 21.7 Å². The van der Waals surface area contributed by atoms with Gasteiger partial charge in [-0.1, -0.05) is 41.9 Å². The molecule has 0 amide bonds. The van der Waals surface area contributed by atoms with E-state index in [-0.39, 0.29) is 5.78 Å². The van der Waals surface area contributed by atoms with Gasteiger partial charge in [0.25, 0.3) is 0 Å². The molecule has 0 bridgehead atoms. The van der Waals surface area contributed by atoms with Crippen molar-refractivity contribution in [2.75, 3.05) is 7.11 Å². The molecule has 2 aromatic rings. The monoisotopic (exact) mass is 348 g/mol. The van der Waals surface area contributed by atoms with Crippen molar-refractivity contribution < 1.29 is 9.53 Å². The van der Waals surface area contributed by atoms with Gasteiger partial charge in [-0.2, -0.15) is 0 Å². The van der Waals surface area contributed by atoms with Crippen LogP contribution in [-0.4, -0.2) is 12.9 Å². The molecule has 0 heterocycles. The van der Waals surface area contributed by atoms with E-state index in [4.69, 9.17) is 4.74 Å². The van der Waals surface area contributed by atoms with Gasteiger partial charge in [0, 0.05) is 16.5 Å². The second-order valence-electron chi connectivity index (χ2n) is 4.41. The Kier molecular flexibility index (Phi) is 7.17. The zero-order valence-corrected chi connectivity index (χ0v) is 14.5. The lowest BCUT2D eigenvalue weighted by atomic mass is 10.0. The molecule has 0 aromatic heterocycles. The summed E-state index contributed by atoms with van der Waals surface area (Å²) in [7, 11) is 1.63. The molecule has 0 aliphatic rings. The summed E-state index contributed by atoms with van der Waals surface area (Å²) in [6.07, 6.45) is 0.408. The number of benzene rings is 2. The third-order valence-corrected chi connectivity index (χ3v) is 3.46. The van der Waals surface area contributed by atoms with Crippen LogP contribution in [0.5, 0.6) is 5.75 Å². The van der Waals surface area contributed by atoms with E-state index in [1.807, 2.05) is 63.2 Å². The van der Waals surface area contributed by atoms with Gasteiger partial charge < -0.3 is 4.74 Å². The molecule has 0 saturated heterocycles. The van der Waals surface area contributed by atoms with Gasteiger partial charge >= 0.3 is 0 Å². The molecule has 2 nitrogen and oxygen atoms in total. The second-order valence-corrected chi connectivity index (χ2v) is 5.33. The van der Waals surface area contributed by atoms with Gasteiger partial charge in [-0.25, -0.2) is 0 Å². The van der Waals surface area contributed by atoms with Gasteiger partial charge in [0.05, 0.1) is 7.11 Å². The second kappa shape index (κ2) is 8.63. The smallest absolute Gasteiger partial charge is 0.167 e. The number of rotatable bonds is 4. The summed E-state index contributed by atoms with van der Waals surface area (Å²) in [5.41, 5.74) is 2.70. The number of Topliss-reactive ketones (excluding diaryl/α,β-unsaturated/α-hetero) is 1. The third kappa shape index (κ3) is 5.01. The molecule has 0 radical (unpaired) electrons. The molecule has 112 valence electrons. The number of ether oxygens (including phenoxy) is 1. The van der Waals surface area contributed by atoms with Crippen molar-refractivity contribution in [3.05, 3.63) is 63.6 Å². The average Bonchev–Trinajstić information content (AvgIpc) is 2.49. The van der Waals surface area contributed by atoms with E-state index < -0.39 is 0 Å². The predicted octanol–water partition coefficient (Wildman–Crippen LogP) is 5.22. The summed E-state index contributed by atoms with van der Waals surface area (Å²) < 4.78 is 6.19. The van der Waals surface area contributed by atoms with E-state index in [1.54, 1.807) is 7.11 Å². The van der Waals surface area contributed by atoms with Crippen molar-refractivity contribution in [3.8, 4) is 5.75 Å². The fourth-order valence-electron chi connectivity index (χ4n) is 1.99. The zero-order valence-electron chi connectivity index (χ0n) is 12.9. The van der Waals surface area contributed by atoms with Crippen LogP contribution in [0.15, 0.2) is 46.9 Å². The molecule has 21 heavy (non-hydrogen) atoms. The Morgan fingerprint density at radius 1 is 1.14 bits per heavy atom. The van der Waals surface area contributed by atoms with Crippen molar-refractivity contribution in [2.24, 2.45) is 0 Å². The molecule has 3 heteroatoms. The predicted molar refractivity (Wildman–Crippen MR) is 91.3 cm³/mol. The van der Waals surface area contributed by atoms with Crippen LogP contribution in [0, 0.1) is 6.92 Å². The Hall–Kier alpha value is -1.61. The van der Waals surface area contributed by atoms with Crippen LogP contribution in [-0.2, 0) is 6.42 Å². The van der Waals surface area contributed by atoms with Crippen molar-refractivity contribution in [1.82, 2.24) is 0 Å². The van der Waals surface area contributed by atoms with Crippen LogP contribution in [0.1, 0.15) is 35.3 Å². The topological polar surface area (TPSA) is 26.3 Å². The first kappa shape index (κ1) is 17.4. The lowest BCUT2D eigenvalue weighted by Gasteiger charge is -2.07. The highest BCUT2D eigenvalue weighted by Crippen LogP contribution is 2.20. The van der Waals surface area contributed by atoms with Crippen LogP contribution >= 0.6 is 15.9 Å². The van der Waals surface area contributed by atoms with Gasteiger partial charge in [-0.05, 0) is 48.4 Å². The van der Waals surface area contributed by atoms with Crippen molar-refractivity contribution in [2.45, 2.75) is 27.2 Å². The number of halogens is 1. The molecule has 0 spiro atoms. The minimum Gasteiger partial charge on any atom is -0.496 e. The minimum absolute atomic E-state index is 0.115. The van der Waals surface area contributed by atoms with E-state index in [0.29, 0.717) is 6.42 Å². The van der Waals surface area contributed by atoms with Gasteiger partial charge in [0.15, 0.2) is 5.78 Å². The van der Waals surface area contributed by atoms with E-state index in [9.17, 15) is 4.79 Å². The summed E-state index contributed by atoms with van der Waals surface area (Å²) in [6, 6.07) is 13.3. The fourth-order valence-corrected chi connectivity index (χ4v) is 2.43. The fraction of sp³-hybridized carbons (Fsp3) is 0.278. The van der Waals surface area contributed by atoms with Crippen LogP contribution in [0.2, 0.25) is 0 Å². The van der Waals surface area contributed by atoms with E-state index >= 15 is 0 Å². The Morgan fingerprint density at radius 3 is 2.43 bits per heavy atom. The highest BCUT2D eigenvalue weighted by molar-refractivity contribution is 9.10. The number of aryl methyl sites for hydroxylation is 1. The van der Waals surface area contributed by atoms with Crippen LogP contribution in [0.25, 0.3) is 0 Å².